The zero-order valence-corrected chi connectivity index (χ0v) is 19.6. The first-order chi connectivity index (χ1) is 16.4. The van der Waals surface area contributed by atoms with Crippen LogP contribution in [0.3, 0.4) is 0 Å². The summed E-state index contributed by atoms with van der Waals surface area (Å²) in [6, 6.07) is 7.95. The fraction of sp³-hybridized carbons (Fsp3) is 0.458. The quantitative estimate of drug-likeness (QED) is 0.538. The number of nitrogen functional groups attached to an aromatic ring is 1. The second-order valence-electron chi connectivity index (χ2n) is 9.44. The van der Waals surface area contributed by atoms with Crippen molar-refractivity contribution in [2.45, 2.75) is 26.3 Å². The summed E-state index contributed by atoms with van der Waals surface area (Å²) < 4.78 is 5.92. The highest BCUT2D eigenvalue weighted by atomic mass is 16.4. The van der Waals surface area contributed by atoms with Crippen LogP contribution in [0.2, 0.25) is 0 Å². The highest BCUT2D eigenvalue weighted by Crippen LogP contribution is 2.41. The molecule has 0 bridgehead atoms. The lowest BCUT2D eigenvalue weighted by Gasteiger charge is -2.25. The molecular formula is C24H30N8O2. The third-order valence-corrected chi connectivity index (χ3v) is 6.72. The van der Waals surface area contributed by atoms with Gasteiger partial charge in [0, 0.05) is 37.2 Å². The molecule has 2 aromatic heterocycles. The van der Waals surface area contributed by atoms with Gasteiger partial charge in [-0.05, 0) is 51.1 Å². The molecule has 1 spiro atoms. The molecular weight excluding hydrogens is 432 g/mol. The highest BCUT2D eigenvalue weighted by molar-refractivity contribution is 5.77. The van der Waals surface area contributed by atoms with Crippen LogP contribution in [0.5, 0.6) is 0 Å². The molecule has 1 unspecified atom stereocenters. The molecule has 10 nitrogen and oxygen atoms in total. The van der Waals surface area contributed by atoms with Crippen molar-refractivity contribution in [1.82, 2.24) is 30.4 Å². The standard InChI is InChI=1S/C24H30N8O2/c1-16(33)13-31-9-7-24(14-31)8-10-32(15-24)19-12-27-21(25)20(28-19)23-30-29-22(34-23)18-5-3-17(4-6-18)11-26-2/h3-6,12,26H,7-11,13-15H2,1-2H3,(H2,25,27). The maximum atomic E-state index is 11.5. The zero-order valence-electron chi connectivity index (χ0n) is 19.6. The predicted octanol–water partition coefficient (Wildman–Crippen LogP) is 1.99. The Bertz CT molecular complexity index is 1180. The fourth-order valence-electron chi connectivity index (χ4n) is 5.05. The Morgan fingerprint density at radius 1 is 1.15 bits per heavy atom. The molecule has 2 fully saturated rings. The molecule has 2 aliphatic heterocycles. The van der Waals surface area contributed by atoms with Crippen molar-refractivity contribution in [3.63, 3.8) is 0 Å². The van der Waals surface area contributed by atoms with Gasteiger partial charge >= 0.3 is 0 Å². The van der Waals surface area contributed by atoms with Crippen LogP contribution in [-0.2, 0) is 11.3 Å². The maximum Gasteiger partial charge on any atom is 0.270 e. The lowest BCUT2D eigenvalue weighted by molar-refractivity contribution is -0.117. The van der Waals surface area contributed by atoms with E-state index in [2.05, 4.69) is 30.3 Å². The first-order valence-electron chi connectivity index (χ1n) is 11.6. The number of rotatable bonds is 7. The predicted molar refractivity (Wildman–Crippen MR) is 129 cm³/mol. The largest absolute Gasteiger partial charge is 0.414 e. The molecule has 1 atom stereocenters. The second-order valence-corrected chi connectivity index (χ2v) is 9.44. The number of nitrogens with zero attached hydrogens (tertiary/aromatic N) is 6. The molecule has 1 aromatic carbocycles. The summed E-state index contributed by atoms with van der Waals surface area (Å²) in [5.74, 6) is 1.89. The van der Waals surface area contributed by atoms with E-state index in [9.17, 15) is 4.79 Å². The van der Waals surface area contributed by atoms with Gasteiger partial charge in [0.25, 0.3) is 5.89 Å². The van der Waals surface area contributed by atoms with Crippen LogP contribution < -0.4 is 16.0 Å². The van der Waals surface area contributed by atoms with Gasteiger partial charge < -0.3 is 20.4 Å². The number of aromatic nitrogens is 4. The van der Waals surface area contributed by atoms with Crippen molar-refractivity contribution in [2.24, 2.45) is 5.41 Å². The SMILES string of the molecule is CNCc1ccc(-c2nnc(-c3nc(N4CCC5(CCN(CC(C)=O)C5)C4)cnc3N)o2)cc1. The Morgan fingerprint density at radius 2 is 1.91 bits per heavy atom. The second kappa shape index (κ2) is 9.11. The first kappa shape index (κ1) is 22.4. The number of benzene rings is 1. The van der Waals surface area contributed by atoms with Crippen molar-refractivity contribution >= 4 is 17.4 Å². The van der Waals surface area contributed by atoms with Gasteiger partial charge in [-0.1, -0.05) is 12.1 Å². The highest BCUT2D eigenvalue weighted by Gasteiger charge is 2.44. The van der Waals surface area contributed by atoms with Crippen LogP contribution in [0, 0.1) is 5.41 Å². The van der Waals surface area contributed by atoms with Crippen molar-refractivity contribution in [2.75, 3.05) is 50.4 Å². The minimum absolute atomic E-state index is 0.190. The summed E-state index contributed by atoms with van der Waals surface area (Å²) in [7, 11) is 1.91. The molecule has 10 heteroatoms. The molecule has 0 aliphatic carbocycles. The van der Waals surface area contributed by atoms with Gasteiger partial charge in [0.15, 0.2) is 11.5 Å². The van der Waals surface area contributed by atoms with Crippen LogP contribution >= 0.6 is 0 Å². The van der Waals surface area contributed by atoms with Crippen LogP contribution in [0.25, 0.3) is 23.0 Å². The number of anilines is 2. The van der Waals surface area contributed by atoms with Gasteiger partial charge in [0.2, 0.25) is 5.89 Å². The summed E-state index contributed by atoms with van der Waals surface area (Å²) in [5, 5.41) is 11.5. The minimum Gasteiger partial charge on any atom is -0.414 e. The fourth-order valence-corrected chi connectivity index (χ4v) is 5.05. The monoisotopic (exact) mass is 462 g/mol. The van der Waals surface area contributed by atoms with Crippen LogP contribution in [0.1, 0.15) is 25.3 Å². The minimum atomic E-state index is 0.190. The van der Waals surface area contributed by atoms with Crippen LogP contribution in [0.4, 0.5) is 11.6 Å². The molecule has 4 heterocycles. The van der Waals surface area contributed by atoms with E-state index in [1.54, 1.807) is 13.1 Å². The van der Waals surface area contributed by atoms with Gasteiger partial charge in [-0.15, -0.1) is 10.2 Å². The number of nitrogens with two attached hydrogens (primary N) is 1. The number of hydrogen-bond acceptors (Lipinski definition) is 10. The Hall–Kier alpha value is -3.37. The number of ketones is 1. The molecule has 3 N–H and O–H groups in total. The van der Waals surface area contributed by atoms with Crippen molar-refractivity contribution < 1.29 is 9.21 Å². The van der Waals surface area contributed by atoms with Crippen LogP contribution in [0.15, 0.2) is 34.9 Å². The summed E-state index contributed by atoms with van der Waals surface area (Å²) in [5.41, 5.74) is 8.73. The van der Waals surface area contributed by atoms with E-state index in [0.717, 1.165) is 56.9 Å². The van der Waals surface area contributed by atoms with E-state index in [1.807, 2.05) is 31.3 Å². The van der Waals surface area contributed by atoms with Gasteiger partial charge in [0.1, 0.15) is 11.6 Å². The van der Waals surface area contributed by atoms with Gasteiger partial charge in [-0.3, -0.25) is 9.69 Å². The zero-order chi connectivity index (χ0) is 23.7. The number of carbonyl (C=O) groups excluding carboxylic acids is 1. The number of Topliss-reactive ketones (excluding diaryl/α,β-unsaturated/α-hetero) is 1. The number of hydrogen-bond donors (Lipinski definition) is 2. The van der Waals surface area contributed by atoms with E-state index in [1.165, 1.54) is 5.56 Å². The summed E-state index contributed by atoms with van der Waals surface area (Å²) in [6.07, 6.45) is 3.86. The Kier molecular flexibility index (Phi) is 6.01. The van der Waals surface area contributed by atoms with Crippen molar-refractivity contribution in [3.05, 3.63) is 36.0 Å². The molecule has 5 rings (SSSR count). The number of carbonyl (C=O) groups is 1. The van der Waals surface area contributed by atoms with Gasteiger partial charge in [0.05, 0.1) is 12.7 Å². The van der Waals surface area contributed by atoms with Crippen molar-refractivity contribution in [3.8, 4) is 23.0 Å². The Morgan fingerprint density at radius 3 is 2.68 bits per heavy atom. The summed E-state index contributed by atoms with van der Waals surface area (Å²) >= 11 is 0. The average Bonchev–Trinajstić information content (AvgIpc) is 3.56. The third kappa shape index (κ3) is 4.51. The Balaban J connectivity index is 1.33. The molecule has 0 amide bonds. The van der Waals surface area contributed by atoms with E-state index >= 15 is 0 Å². The number of likely N-dealkylation sites (tertiary alicyclic amines) is 1. The third-order valence-electron chi connectivity index (χ3n) is 6.72. The summed E-state index contributed by atoms with van der Waals surface area (Å²) in [4.78, 5) is 25.1. The molecule has 178 valence electrons. The topological polar surface area (TPSA) is 126 Å². The van der Waals surface area contributed by atoms with E-state index in [0.29, 0.717) is 18.1 Å². The lowest BCUT2D eigenvalue weighted by Crippen LogP contribution is -2.33. The maximum absolute atomic E-state index is 11.5. The van der Waals surface area contributed by atoms with Crippen LogP contribution in [-0.4, -0.2) is 70.6 Å². The molecule has 3 aromatic rings. The molecule has 0 radical (unpaired) electrons. The molecule has 0 saturated carbocycles. The number of nitrogens with one attached hydrogen (secondary N) is 1. The molecule has 2 aliphatic rings. The lowest BCUT2D eigenvalue weighted by atomic mass is 9.86. The normalized spacial score (nSPS) is 20.5. The van der Waals surface area contributed by atoms with Crippen molar-refractivity contribution in [1.29, 1.82) is 0 Å². The van der Waals surface area contributed by atoms with Gasteiger partial charge in [-0.25, -0.2) is 9.97 Å². The van der Waals surface area contributed by atoms with Gasteiger partial charge in [-0.2, -0.15) is 0 Å². The Labute approximate surface area is 198 Å². The molecule has 34 heavy (non-hydrogen) atoms. The van der Waals surface area contributed by atoms with E-state index < -0.39 is 0 Å². The smallest absolute Gasteiger partial charge is 0.270 e. The average molecular weight is 463 g/mol. The first-order valence-corrected chi connectivity index (χ1v) is 11.6. The summed E-state index contributed by atoms with van der Waals surface area (Å²) in [6.45, 7) is 6.66. The van der Waals surface area contributed by atoms with E-state index in [4.69, 9.17) is 15.1 Å². The molecule has 2 saturated heterocycles. The van der Waals surface area contributed by atoms with E-state index in [-0.39, 0.29) is 22.9 Å².